The van der Waals surface area contributed by atoms with Gasteiger partial charge in [0.25, 0.3) is 0 Å². The van der Waals surface area contributed by atoms with Crippen LogP contribution < -0.4 is 9.47 Å². The standard InChI is InChI=1S/C25H25NO5S/c1-15-10-19(20(27)14-30-25(28)24-11-17-6-5-9-23(17)32-24)16(2)26(15)12-18-13-29-21-7-3-4-8-22(21)31-18/h3-4,7-8,10-11,18H,5-6,9,12-14H2,1-2H3/t18-/m1/s1. The van der Waals surface area contributed by atoms with E-state index in [1.54, 1.807) is 0 Å². The van der Waals surface area contributed by atoms with Crippen molar-refractivity contribution in [1.29, 1.82) is 0 Å². The molecule has 0 unspecified atom stereocenters. The molecule has 2 aliphatic rings. The van der Waals surface area contributed by atoms with Crippen LogP contribution in [0, 0.1) is 13.8 Å². The zero-order valence-corrected chi connectivity index (χ0v) is 19.0. The molecule has 0 fully saturated rings. The first-order valence-corrected chi connectivity index (χ1v) is 11.7. The Bertz CT molecular complexity index is 1170. The van der Waals surface area contributed by atoms with Gasteiger partial charge in [0.15, 0.2) is 24.2 Å². The Morgan fingerprint density at radius 1 is 1.16 bits per heavy atom. The lowest BCUT2D eigenvalue weighted by Gasteiger charge is -2.27. The highest BCUT2D eigenvalue weighted by atomic mass is 32.1. The largest absolute Gasteiger partial charge is 0.486 e. The average Bonchev–Trinajstić information content (AvgIpc) is 3.47. The number of Topliss-reactive ketones (excluding diaryl/α,β-unsaturated/α-hetero) is 1. The summed E-state index contributed by atoms with van der Waals surface area (Å²) in [5.41, 5.74) is 3.60. The van der Waals surface area contributed by atoms with E-state index in [9.17, 15) is 9.59 Å². The number of carbonyl (C=O) groups excluding carboxylic acids is 2. The number of aromatic nitrogens is 1. The molecule has 166 valence electrons. The molecular formula is C25H25NO5S. The van der Waals surface area contributed by atoms with Crippen LogP contribution in [0.3, 0.4) is 0 Å². The monoisotopic (exact) mass is 451 g/mol. The highest BCUT2D eigenvalue weighted by Crippen LogP contribution is 2.32. The predicted molar refractivity (Wildman–Crippen MR) is 121 cm³/mol. The van der Waals surface area contributed by atoms with Crippen LogP contribution in [0.2, 0.25) is 0 Å². The number of thiophene rings is 1. The van der Waals surface area contributed by atoms with Gasteiger partial charge in [0.1, 0.15) is 11.5 Å². The molecule has 0 saturated carbocycles. The molecule has 3 aromatic rings. The summed E-state index contributed by atoms with van der Waals surface area (Å²) in [6, 6.07) is 11.4. The third-order valence-electron chi connectivity index (χ3n) is 6.11. The van der Waals surface area contributed by atoms with E-state index in [1.807, 2.05) is 50.2 Å². The molecule has 32 heavy (non-hydrogen) atoms. The topological polar surface area (TPSA) is 66.8 Å². The van der Waals surface area contributed by atoms with Crippen LogP contribution in [0.15, 0.2) is 36.4 Å². The lowest BCUT2D eigenvalue weighted by atomic mass is 10.1. The lowest BCUT2D eigenvalue weighted by molar-refractivity contribution is 0.0479. The van der Waals surface area contributed by atoms with Crippen molar-refractivity contribution in [3.63, 3.8) is 0 Å². The van der Waals surface area contributed by atoms with E-state index in [1.165, 1.54) is 21.8 Å². The van der Waals surface area contributed by atoms with Gasteiger partial charge in [0.2, 0.25) is 5.78 Å². The van der Waals surface area contributed by atoms with Crippen molar-refractivity contribution >= 4 is 23.1 Å². The van der Waals surface area contributed by atoms with Gasteiger partial charge in [-0.15, -0.1) is 11.3 Å². The fraction of sp³-hybridized carbons (Fsp3) is 0.360. The van der Waals surface area contributed by atoms with E-state index in [0.29, 0.717) is 23.6 Å². The fourth-order valence-corrected chi connectivity index (χ4v) is 5.58. The molecule has 3 heterocycles. The fourth-order valence-electron chi connectivity index (χ4n) is 4.43. The van der Waals surface area contributed by atoms with E-state index in [0.717, 1.165) is 42.1 Å². The number of nitrogens with zero attached hydrogens (tertiary/aromatic N) is 1. The number of esters is 1. The Labute approximate surface area is 190 Å². The Morgan fingerprint density at radius 3 is 2.78 bits per heavy atom. The van der Waals surface area contributed by atoms with Gasteiger partial charge in [0, 0.05) is 21.8 Å². The molecule has 7 heteroatoms. The lowest BCUT2D eigenvalue weighted by Crippen LogP contribution is -2.33. The maximum Gasteiger partial charge on any atom is 0.348 e. The summed E-state index contributed by atoms with van der Waals surface area (Å²) in [7, 11) is 0. The van der Waals surface area contributed by atoms with Crippen LogP contribution in [-0.4, -0.2) is 35.6 Å². The molecule has 2 aromatic heterocycles. The van der Waals surface area contributed by atoms with Crippen molar-refractivity contribution < 1.29 is 23.8 Å². The van der Waals surface area contributed by atoms with Gasteiger partial charge in [-0.3, -0.25) is 4.79 Å². The van der Waals surface area contributed by atoms with Crippen LogP contribution in [0.4, 0.5) is 0 Å². The number of rotatable bonds is 6. The molecule has 0 radical (unpaired) electrons. The second kappa shape index (κ2) is 8.47. The first kappa shape index (κ1) is 20.8. The van der Waals surface area contributed by atoms with Crippen molar-refractivity contribution in [3.8, 4) is 11.5 Å². The van der Waals surface area contributed by atoms with Crippen molar-refractivity contribution in [3.05, 3.63) is 68.7 Å². The third kappa shape index (κ3) is 3.93. The average molecular weight is 452 g/mol. The van der Waals surface area contributed by atoms with Crippen molar-refractivity contribution in [2.24, 2.45) is 0 Å². The number of fused-ring (bicyclic) bond motifs is 2. The number of ether oxygens (including phenoxy) is 3. The summed E-state index contributed by atoms with van der Waals surface area (Å²) in [5.74, 6) is 0.860. The van der Waals surface area contributed by atoms with E-state index >= 15 is 0 Å². The van der Waals surface area contributed by atoms with Gasteiger partial charge in [-0.25, -0.2) is 4.79 Å². The third-order valence-corrected chi connectivity index (χ3v) is 7.33. The van der Waals surface area contributed by atoms with Crippen LogP contribution >= 0.6 is 11.3 Å². The molecule has 0 spiro atoms. The molecule has 0 amide bonds. The minimum absolute atomic E-state index is 0.156. The molecule has 5 rings (SSSR count). The number of ketones is 1. The van der Waals surface area contributed by atoms with Gasteiger partial charge in [0.05, 0.1) is 6.54 Å². The maximum atomic E-state index is 12.8. The first-order chi connectivity index (χ1) is 15.5. The summed E-state index contributed by atoms with van der Waals surface area (Å²) in [6.45, 7) is 4.62. The number of hydrogen-bond donors (Lipinski definition) is 0. The highest BCUT2D eigenvalue weighted by molar-refractivity contribution is 7.14. The molecule has 1 atom stereocenters. The summed E-state index contributed by atoms with van der Waals surface area (Å²) in [5, 5.41) is 0. The summed E-state index contributed by atoms with van der Waals surface area (Å²) in [6.07, 6.45) is 3.04. The zero-order chi connectivity index (χ0) is 22.2. The van der Waals surface area contributed by atoms with E-state index < -0.39 is 5.97 Å². The predicted octanol–water partition coefficient (Wildman–Crippen LogP) is 4.53. The number of aryl methyl sites for hydroxylation is 3. The molecule has 0 N–H and O–H groups in total. The van der Waals surface area contributed by atoms with Crippen LogP contribution in [0.25, 0.3) is 0 Å². The quantitative estimate of drug-likeness (QED) is 0.407. The van der Waals surface area contributed by atoms with Crippen molar-refractivity contribution in [2.45, 2.75) is 45.8 Å². The van der Waals surface area contributed by atoms with E-state index in [4.69, 9.17) is 14.2 Å². The smallest absolute Gasteiger partial charge is 0.348 e. The summed E-state index contributed by atoms with van der Waals surface area (Å²) < 4.78 is 19.3. The van der Waals surface area contributed by atoms with Crippen LogP contribution in [0.1, 0.15) is 48.3 Å². The highest BCUT2D eigenvalue weighted by Gasteiger charge is 2.25. The molecule has 0 bridgehead atoms. The Morgan fingerprint density at radius 2 is 1.97 bits per heavy atom. The van der Waals surface area contributed by atoms with Gasteiger partial charge in [-0.1, -0.05) is 12.1 Å². The van der Waals surface area contributed by atoms with E-state index in [2.05, 4.69) is 4.57 Å². The zero-order valence-electron chi connectivity index (χ0n) is 18.2. The minimum atomic E-state index is -0.419. The number of hydrogen-bond acceptors (Lipinski definition) is 6. The molecule has 6 nitrogen and oxygen atoms in total. The second-order valence-electron chi connectivity index (χ2n) is 8.30. The SMILES string of the molecule is Cc1cc(C(=O)COC(=O)c2cc3c(s2)CCC3)c(C)n1C[C@@H]1COc2ccccc2O1. The van der Waals surface area contributed by atoms with Crippen molar-refractivity contribution in [2.75, 3.05) is 13.2 Å². The number of carbonyl (C=O) groups is 2. The minimum Gasteiger partial charge on any atom is -0.486 e. The molecule has 0 saturated heterocycles. The first-order valence-electron chi connectivity index (χ1n) is 10.9. The normalized spacial score (nSPS) is 16.6. The van der Waals surface area contributed by atoms with Gasteiger partial charge in [-0.2, -0.15) is 0 Å². The Kier molecular flexibility index (Phi) is 5.51. The number of benzene rings is 1. The van der Waals surface area contributed by atoms with Crippen molar-refractivity contribution in [1.82, 2.24) is 4.57 Å². The second-order valence-corrected chi connectivity index (χ2v) is 9.44. The Balaban J connectivity index is 1.23. The molecular weight excluding hydrogens is 426 g/mol. The van der Waals surface area contributed by atoms with E-state index in [-0.39, 0.29) is 18.5 Å². The van der Waals surface area contributed by atoms with Gasteiger partial charge >= 0.3 is 5.97 Å². The Hall–Kier alpha value is -3.06. The maximum absolute atomic E-state index is 12.8. The molecule has 1 aromatic carbocycles. The van der Waals surface area contributed by atoms with Gasteiger partial charge < -0.3 is 18.8 Å². The summed E-state index contributed by atoms with van der Waals surface area (Å²) >= 11 is 1.49. The summed E-state index contributed by atoms with van der Waals surface area (Å²) in [4.78, 5) is 27.1. The van der Waals surface area contributed by atoms with Crippen LogP contribution in [0.5, 0.6) is 11.5 Å². The molecule has 1 aliphatic carbocycles. The van der Waals surface area contributed by atoms with Crippen LogP contribution in [-0.2, 0) is 24.1 Å². The number of para-hydroxylation sites is 2. The van der Waals surface area contributed by atoms with Gasteiger partial charge in [-0.05, 0) is 62.9 Å². The molecule has 1 aliphatic heterocycles.